The Kier molecular flexibility index (Phi) is 5.19. The molecule has 0 unspecified atom stereocenters. The summed E-state index contributed by atoms with van der Waals surface area (Å²) in [4.78, 5) is 0. The van der Waals surface area contributed by atoms with Crippen LogP contribution in [0.15, 0.2) is 0 Å². The van der Waals surface area contributed by atoms with Crippen molar-refractivity contribution in [1.29, 1.82) is 0 Å². The van der Waals surface area contributed by atoms with Crippen LogP contribution in [0.4, 0.5) is 0 Å². The Balaban J connectivity index is 4.00. The molecular formula is C6H16O3Si2. The van der Waals surface area contributed by atoms with Gasteiger partial charge >= 0.3 is 0 Å². The second-order valence-corrected chi connectivity index (χ2v) is 7.62. The Labute approximate surface area is 72.1 Å². The van der Waals surface area contributed by atoms with E-state index in [1.54, 1.807) is 14.2 Å². The highest BCUT2D eigenvalue weighted by Crippen LogP contribution is 2.12. The molecule has 66 valence electrons. The van der Waals surface area contributed by atoms with E-state index in [1.807, 2.05) is 6.55 Å². The average molecular weight is 192 g/mol. The lowest BCUT2D eigenvalue weighted by atomic mass is 11.3. The first-order valence-corrected chi connectivity index (χ1v) is 7.88. The van der Waals surface area contributed by atoms with E-state index in [2.05, 4.69) is 13.1 Å². The van der Waals surface area contributed by atoms with Gasteiger partial charge < -0.3 is 13.6 Å². The largest absolute Gasteiger partial charge is 0.453 e. The Morgan fingerprint density at radius 2 is 1.64 bits per heavy atom. The van der Waals surface area contributed by atoms with Gasteiger partial charge in [0.05, 0.1) is 0 Å². The van der Waals surface area contributed by atoms with Gasteiger partial charge in [0.2, 0.25) is 18.1 Å². The summed E-state index contributed by atoms with van der Waals surface area (Å²) < 4.78 is 15.9. The van der Waals surface area contributed by atoms with E-state index < -0.39 is 8.32 Å². The molecule has 0 heterocycles. The molecule has 0 aliphatic rings. The van der Waals surface area contributed by atoms with Crippen LogP contribution in [0, 0.1) is 0 Å². The van der Waals surface area contributed by atoms with E-state index >= 15 is 0 Å². The molecule has 0 rings (SSSR count). The van der Waals surface area contributed by atoms with Gasteiger partial charge in [-0.05, 0) is 19.6 Å². The second kappa shape index (κ2) is 5.05. The van der Waals surface area contributed by atoms with Crippen molar-refractivity contribution in [2.45, 2.75) is 25.6 Å². The van der Waals surface area contributed by atoms with Gasteiger partial charge in [-0.3, -0.25) is 0 Å². The third-order valence-corrected chi connectivity index (χ3v) is 5.89. The van der Waals surface area contributed by atoms with Gasteiger partial charge in [0.15, 0.2) is 5.91 Å². The summed E-state index contributed by atoms with van der Waals surface area (Å²) in [6.45, 7) is 6.18. The lowest BCUT2D eigenvalue weighted by Gasteiger charge is -2.29. The number of rotatable bonds is 5. The molecule has 0 aromatic carbocycles. The molecule has 0 aromatic heterocycles. The summed E-state index contributed by atoms with van der Waals surface area (Å²) in [6, 6.07) is 0. The van der Waals surface area contributed by atoms with Gasteiger partial charge in [-0.25, -0.2) is 0 Å². The van der Waals surface area contributed by atoms with Crippen LogP contribution in [0.3, 0.4) is 0 Å². The van der Waals surface area contributed by atoms with Crippen LogP contribution in [0.5, 0.6) is 0 Å². The van der Waals surface area contributed by atoms with E-state index in [1.165, 1.54) is 0 Å². The fourth-order valence-corrected chi connectivity index (χ4v) is 4.60. The Morgan fingerprint density at radius 1 is 1.18 bits per heavy atom. The maximum absolute atomic E-state index is 5.59. The fraction of sp³-hybridized carbons (Fsp3) is 1.00. The van der Waals surface area contributed by atoms with Gasteiger partial charge in [-0.15, -0.1) is 0 Å². The summed E-state index contributed by atoms with van der Waals surface area (Å²) in [7, 11) is 2.03. The zero-order chi connectivity index (χ0) is 8.91. The smallest absolute Gasteiger partial charge is 0.236 e. The molecule has 0 fully saturated rings. The van der Waals surface area contributed by atoms with E-state index in [0.29, 0.717) is 9.76 Å². The quantitative estimate of drug-likeness (QED) is 0.481. The maximum atomic E-state index is 5.59. The van der Waals surface area contributed by atoms with Crippen LogP contribution >= 0.6 is 0 Å². The molecule has 0 atom stereocenters. The molecule has 0 aliphatic carbocycles. The molecule has 11 heavy (non-hydrogen) atoms. The minimum absolute atomic E-state index is 0.157. The van der Waals surface area contributed by atoms with Crippen molar-refractivity contribution < 1.29 is 13.6 Å². The van der Waals surface area contributed by atoms with Crippen LogP contribution in [0.1, 0.15) is 0 Å². The molecule has 0 N–H and O–H groups in total. The normalized spacial score (nSPS) is 12.5. The highest BCUT2D eigenvalue weighted by Gasteiger charge is 2.33. The predicted octanol–water partition coefficient (Wildman–Crippen LogP) is 1.03. The van der Waals surface area contributed by atoms with Crippen molar-refractivity contribution in [2.24, 2.45) is 0 Å². The predicted molar refractivity (Wildman–Crippen MR) is 48.0 cm³/mol. The minimum Gasteiger partial charge on any atom is -0.453 e. The first kappa shape index (κ1) is 11.3. The van der Waals surface area contributed by atoms with E-state index in [9.17, 15) is 0 Å². The number of hydrogen-bond acceptors (Lipinski definition) is 3. The van der Waals surface area contributed by atoms with E-state index in [4.69, 9.17) is 13.6 Å². The molecule has 0 aliphatic heterocycles. The van der Waals surface area contributed by atoms with Gasteiger partial charge in [0.1, 0.15) is 0 Å². The molecule has 5 heteroatoms. The van der Waals surface area contributed by atoms with E-state index in [0.717, 1.165) is 0 Å². The van der Waals surface area contributed by atoms with Crippen LogP contribution in [-0.2, 0) is 13.6 Å². The Hall–Kier alpha value is 0.314. The van der Waals surface area contributed by atoms with Gasteiger partial charge in [-0.2, -0.15) is 0 Å². The SMILES string of the molecule is COC(OC)[Si](C)(C)O[Si]C. The molecule has 0 saturated carbocycles. The Bertz CT molecular complexity index is 104. The monoisotopic (exact) mass is 192 g/mol. The van der Waals surface area contributed by atoms with Gasteiger partial charge in [0, 0.05) is 14.2 Å². The zero-order valence-corrected chi connectivity index (χ0v) is 9.80. The van der Waals surface area contributed by atoms with Crippen molar-refractivity contribution in [3.63, 3.8) is 0 Å². The van der Waals surface area contributed by atoms with Gasteiger partial charge in [0.25, 0.3) is 0 Å². The highest BCUT2D eigenvalue weighted by molar-refractivity contribution is 6.75. The van der Waals surface area contributed by atoms with Crippen LogP contribution < -0.4 is 0 Å². The highest BCUT2D eigenvalue weighted by atomic mass is 28.4. The summed E-state index contributed by atoms with van der Waals surface area (Å²) >= 11 is 0. The zero-order valence-electron chi connectivity index (χ0n) is 7.80. The average Bonchev–Trinajstić information content (AvgIpc) is 1.89. The number of ether oxygens (including phenoxy) is 2. The third kappa shape index (κ3) is 3.48. The van der Waals surface area contributed by atoms with Crippen LogP contribution in [-0.4, -0.2) is 38.2 Å². The Morgan fingerprint density at radius 3 is 1.91 bits per heavy atom. The minimum atomic E-state index is -1.76. The lowest BCUT2D eigenvalue weighted by Crippen LogP contribution is -2.47. The molecule has 0 amide bonds. The second-order valence-electron chi connectivity index (χ2n) is 2.71. The van der Waals surface area contributed by atoms with Crippen LogP contribution in [0.2, 0.25) is 19.6 Å². The van der Waals surface area contributed by atoms with Crippen molar-refractivity contribution in [1.82, 2.24) is 0 Å². The van der Waals surface area contributed by atoms with E-state index in [-0.39, 0.29) is 5.91 Å². The molecule has 2 radical (unpaired) electrons. The first-order chi connectivity index (χ1) is 5.08. The maximum Gasteiger partial charge on any atom is 0.236 e. The summed E-state index contributed by atoms with van der Waals surface area (Å²) in [5, 5.41) is 0. The number of methoxy groups -OCH3 is 2. The molecular weight excluding hydrogens is 176 g/mol. The van der Waals surface area contributed by atoms with Crippen molar-refractivity contribution >= 4 is 18.1 Å². The fourth-order valence-electron chi connectivity index (χ4n) is 0.975. The summed E-state index contributed by atoms with van der Waals surface area (Å²) in [5.41, 5.74) is 0. The molecule has 0 aromatic rings. The first-order valence-electron chi connectivity index (χ1n) is 3.48. The summed E-state index contributed by atoms with van der Waals surface area (Å²) in [5.74, 6) is -0.157. The molecule has 3 nitrogen and oxygen atoms in total. The molecule has 0 spiro atoms. The third-order valence-electron chi connectivity index (χ3n) is 1.36. The van der Waals surface area contributed by atoms with Crippen molar-refractivity contribution in [3.8, 4) is 0 Å². The van der Waals surface area contributed by atoms with Crippen molar-refractivity contribution in [3.05, 3.63) is 0 Å². The summed E-state index contributed by atoms with van der Waals surface area (Å²) in [6.07, 6.45) is 0. The number of hydrogen-bond donors (Lipinski definition) is 0. The standard InChI is InChI=1S/C6H16O3Si2/c1-7-6(8-2)11(4,5)9-10-3/h6H,1-5H3. The van der Waals surface area contributed by atoms with Gasteiger partial charge in [-0.1, -0.05) is 0 Å². The van der Waals surface area contributed by atoms with Crippen LogP contribution in [0.25, 0.3) is 0 Å². The van der Waals surface area contributed by atoms with Crippen molar-refractivity contribution in [2.75, 3.05) is 14.2 Å². The topological polar surface area (TPSA) is 27.7 Å². The lowest BCUT2D eigenvalue weighted by molar-refractivity contribution is -0.0570. The molecule has 0 bridgehead atoms. The molecule has 0 saturated heterocycles.